The molecular formula is C24H32F3N5. The number of halogens is 3. The summed E-state index contributed by atoms with van der Waals surface area (Å²) >= 11 is 0. The van der Waals surface area contributed by atoms with Gasteiger partial charge in [0.15, 0.2) is 5.65 Å². The number of hydrogen-bond acceptors (Lipinski definition) is 4. The minimum absolute atomic E-state index is 0.00171. The van der Waals surface area contributed by atoms with E-state index in [9.17, 15) is 13.2 Å². The number of H-pyrrole nitrogens is 1. The van der Waals surface area contributed by atoms with Crippen LogP contribution in [0.15, 0.2) is 48.3 Å². The van der Waals surface area contributed by atoms with E-state index in [0.717, 1.165) is 12.2 Å². The maximum absolute atomic E-state index is 13.9. The van der Waals surface area contributed by atoms with Crippen molar-refractivity contribution in [3.63, 3.8) is 0 Å². The molecular weight excluding hydrogens is 415 g/mol. The number of allylic oxidation sites excluding steroid dienone is 4. The van der Waals surface area contributed by atoms with Gasteiger partial charge in [0, 0.05) is 43.0 Å². The molecule has 3 heterocycles. The number of nitrogens with one attached hydrogen (secondary N) is 2. The molecule has 2 N–H and O–H groups in total. The second-order valence-electron chi connectivity index (χ2n) is 9.32. The van der Waals surface area contributed by atoms with E-state index in [1.165, 1.54) is 0 Å². The van der Waals surface area contributed by atoms with Crippen LogP contribution in [0.25, 0.3) is 16.6 Å². The van der Waals surface area contributed by atoms with Crippen molar-refractivity contribution in [3.05, 3.63) is 54.0 Å². The van der Waals surface area contributed by atoms with E-state index in [-0.39, 0.29) is 11.5 Å². The quantitative estimate of drug-likeness (QED) is 0.589. The Morgan fingerprint density at radius 2 is 2.00 bits per heavy atom. The van der Waals surface area contributed by atoms with Gasteiger partial charge < -0.3 is 10.2 Å². The fourth-order valence-electron chi connectivity index (χ4n) is 3.84. The fraction of sp³-hybridized carbons (Fsp3) is 0.500. The van der Waals surface area contributed by atoms with Crippen molar-refractivity contribution in [1.29, 1.82) is 0 Å². The minimum Gasteiger partial charge on any atom is -0.369 e. The maximum Gasteiger partial charge on any atom is 0.416 e. The van der Waals surface area contributed by atoms with Crippen LogP contribution in [-0.4, -0.2) is 51.9 Å². The number of pyridine rings is 1. The van der Waals surface area contributed by atoms with Crippen molar-refractivity contribution >= 4 is 16.6 Å². The second kappa shape index (κ2) is 9.10. The average molecular weight is 448 g/mol. The van der Waals surface area contributed by atoms with Crippen LogP contribution in [0, 0.1) is 11.3 Å². The van der Waals surface area contributed by atoms with Gasteiger partial charge in [-0.3, -0.25) is 5.10 Å². The van der Waals surface area contributed by atoms with Crippen molar-refractivity contribution in [2.24, 2.45) is 11.3 Å². The van der Waals surface area contributed by atoms with Gasteiger partial charge in [-0.25, -0.2) is 4.98 Å². The van der Waals surface area contributed by atoms with Crippen molar-refractivity contribution in [2.75, 3.05) is 19.6 Å². The van der Waals surface area contributed by atoms with Crippen LogP contribution in [-0.2, 0) is 0 Å². The van der Waals surface area contributed by atoms with Gasteiger partial charge in [0.05, 0.1) is 11.3 Å². The first-order valence-corrected chi connectivity index (χ1v) is 10.8. The number of aromatic amines is 1. The van der Waals surface area contributed by atoms with E-state index >= 15 is 0 Å². The molecule has 0 aliphatic carbocycles. The van der Waals surface area contributed by atoms with Gasteiger partial charge in [-0.1, -0.05) is 34.3 Å². The molecule has 2 aromatic heterocycles. The molecule has 2 aromatic rings. The van der Waals surface area contributed by atoms with Crippen molar-refractivity contribution in [2.45, 2.75) is 46.8 Å². The molecule has 0 aromatic carbocycles. The Morgan fingerprint density at radius 3 is 2.66 bits per heavy atom. The Labute approximate surface area is 187 Å². The van der Waals surface area contributed by atoms with E-state index in [4.69, 9.17) is 0 Å². The summed E-state index contributed by atoms with van der Waals surface area (Å²) in [6, 6.07) is 3.68. The first kappa shape index (κ1) is 24.0. The molecule has 0 saturated carbocycles. The third-order valence-corrected chi connectivity index (χ3v) is 6.71. The Hall–Kier alpha value is -2.61. The van der Waals surface area contributed by atoms with E-state index in [2.05, 4.69) is 54.8 Å². The highest BCUT2D eigenvalue weighted by Gasteiger charge is 2.36. The molecule has 1 aliphatic heterocycles. The lowest BCUT2D eigenvalue weighted by molar-refractivity contribution is -0.0883. The predicted molar refractivity (Wildman–Crippen MR) is 123 cm³/mol. The van der Waals surface area contributed by atoms with Gasteiger partial charge in [-0.05, 0) is 48.1 Å². The molecule has 1 aliphatic rings. The lowest BCUT2D eigenvalue weighted by Crippen LogP contribution is -2.57. The molecule has 0 bridgehead atoms. The first-order valence-electron chi connectivity index (χ1n) is 10.8. The predicted octanol–water partition coefficient (Wildman–Crippen LogP) is 5.32. The molecule has 32 heavy (non-hydrogen) atoms. The lowest BCUT2D eigenvalue weighted by Gasteiger charge is -2.45. The van der Waals surface area contributed by atoms with Crippen LogP contribution < -0.4 is 5.32 Å². The van der Waals surface area contributed by atoms with Crippen molar-refractivity contribution < 1.29 is 13.2 Å². The topological polar surface area (TPSA) is 56.8 Å². The minimum atomic E-state index is -4.51. The number of nitrogens with zero attached hydrogens (tertiary/aromatic N) is 3. The fourth-order valence-corrected chi connectivity index (χ4v) is 3.84. The molecule has 1 atom stereocenters. The van der Waals surface area contributed by atoms with Crippen LogP contribution in [0.1, 0.15) is 40.3 Å². The van der Waals surface area contributed by atoms with E-state index in [1.54, 1.807) is 25.3 Å². The van der Waals surface area contributed by atoms with Crippen molar-refractivity contribution in [1.82, 2.24) is 25.4 Å². The van der Waals surface area contributed by atoms with Gasteiger partial charge in [0.2, 0.25) is 0 Å². The Bertz CT molecular complexity index is 1030. The summed E-state index contributed by atoms with van der Waals surface area (Å²) in [5.74, 6) is 0.429. The summed E-state index contributed by atoms with van der Waals surface area (Å²) in [6.45, 7) is 16.3. The average Bonchev–Trinajstić information content (AvgIpc) is 3.16. The number of hydrogen-bond donors (Lipinski definition) is 2. The van der Waals surface area contributed by atoms with Crippen LogP contribution in [0.3, 0.4) is 0 Å². The first-order chi connectivity index (χ1) is 14.9. The molecule has 5 nitrogen and oxygen atoms in total. The molecule has 3 rings (SSSR count). The number of rotatable bonds is 6. The molecule has 174 valence electrons. The summed E-state index contributed by atoms with van der Waals surface area (Å²) < 4.78 is 41.7. The van der Waals surface area contributed by atoms with Crippen LogP contribution in [0.4, 0.5) is 13.2 Å². The van der Waals surface area contributed by atoms with Gasteiger partial charge in [0.25, 0.3) is 0 Å². The smallest absolute Gasteiger partial charge is 0.369 e. The zero-order chi connectivity index (χ0) is 23.7. The van der Waals surface area contributed by atoms with E-state index in [0.29, 0.717) is 53.5 Å². The molecule has 0 amide bonds. The third-order valence-electron chi connectivity index (χ3n) is 6.71. The van der Waals surface area contributed by atoms with Crippen molar-refractivity contribution in [3.8, 4) is 0 Å². The second-order valence-corrected chi connectivity index (χ2v) is 9.32. The molecule has 0 spiro atoms. The molecule has 1 saturated heterocycles. The zero-order valence-electron chi connectivity index (χ0n) is 19.3. The summed E-state index contributed by atoms with van der Waals surface area (Å²) in [5.41, 5.74) is 1.04. The summed E-state index contributed by atoms with van der Waals surface area (Å²) in [7, 11) is 0. The van der Waals surface area contributed by atoms with Crippen LogP contribution in [0.2, 0.25) is 0 Å². The summed E-state index contributed by atoms with van der Waals surface area (Å²) in [4.78, 5) is 6.07. The normalized spacial score (nSPS) is 19.2. The number of aromatic nitrogens is 3. The van der Waals surface area contributed by atoms with Crippen LogP contribution >= 0.6 is 0 Å². The largest absolute Gasteiger partial charge is 0.416 e. The summed E-state index contributed by atoms with van der Waals surface area (Å²) in [5, 5.41) is 11.1. The highest BCUT2D eigenvalue weighted by atomic mass is 19.4. The molecule has 1 unspecified atom stereocenters. The highest BCUT2D eigenvalue weighted by Crippen LogP contribution is 2.34. The Morgan fingerprint density at radius 1 is 1.28 bits per heavy atom. The highest BCUT2D eigenvalue weighted by molar-refractivity contribution is 5.88. The Balaban J connectivity index is 1.88. The monoisotopic (exact) mass is 447 g/mol. The lowest BCUT2D eigenvalue weighted by atomic mass is 9.74. The SMILES string of the molecule is C=C(/C=C(\C=C(/C)c1[nH]nc2ncccc12)C(F)(F)F)N1CCNC(C(C)(C)C(C)C)C1. The van der Waals surface area contributed by atoms with Gasteiger partial charge in [-0.2, -0.15) is 18.3 Å². The standard InChI is InChI=1S/C24H32F3N5/c1-15(2)23(5,6)20-14-32(11-10-28-20)17(4)13-18(24(25,26)27)12-16(3)21-19-8-7-9-29-22(19)31-30-21/h7-9,12-13,15,20,28H,4,10-11,14H2,1-3,5-6H3,(H,29,30,31)/b16-12+,18-13+. The molecule has 8 heteroatoms. The number of alkyl halides is 3. The third kappa shape index (κ3) is 5.06. The number of piperazine rings is 1. The van der Waals surface area contributed by atoms with Crippen LogP contribution in [0.5, 0.6) is 0 Å². The van der Waals surface area contributed by atoms with Gasteiger partial charge in [0.1, 0.15) is 0 Å². The van der Waals surface area contributed by atoms with Gasteiger partial charge in [-0.15, -0.1) is 0 Å². The zero-order valence-corrected chi connectivity index (χ0v) is 19.3. The Kier molecular flexibility index (Phi) is 6.83. The maximum atomic E-state index is 13.9. The number of fused-ring (bicyclic) bond motifs is 1. The van der Waals surface area contributed by atoms with E-state index in [1.807, 2.05) is 4.90 Å². The van der Waals surface area contributed by atoms with E-state index < -0.39 is 11.7 Å². The summed E-state index contributed by atoms with van der Waals surface area (Å²) in [6.07, 6.45) is -0.630. The van der Waals surface area contributed by atoms with Gasteiger partial charge >= 0.3 is 6.18 Å². The molecule has 0 radical (unpaired) electrons. The molecule has 1 fully saturated rings.